The minimum atomic E-state index is -3.87. The fraction of sp³-hybridized carbons (Fsp3) is 0.462. The molecule has 0 bridgehead atoms. The van der Waals surface area contributed by atoms with Crippen LogP contribution in [0.3, 0.4) is 0 Å². The molecule has 0 saturated carbocycles. The van der Waals surface area contributed by atoms with E-state index in [1.54, 1.807) is 6.07 Å². The van der Waals surface area contributed by atoms with Gasteiger partial charge < -0.3 is 4.74 Å². The van der Waals surface area contributed by atoms with Crippen molar-refractivity contribution < 1.29 is 17.9 Å². The van der Waals surface area contributed by atoms with Gasteiger partial charge in [0.25, 0.3) is 15.9 Å². The van der Waals surface area contributed by atoms with Crippen molar-refractivity contribution in [2.45, 2.75) is 31.1 Å². The zero-order chi connectivity index (χ0) is 15.1. The molecule has 110 valence electrons. The zero-order valence-electron chi connectivity index (χ0n) is 11.5. The Balaban J connectivity index is 2.79. The maximum atomic E-state index is 12.3. The van der Waals surface area contributed by atoms with Gasteiger partial charge in [-0.1, -0.05) is 13.8 Å². The molecule has 0 fully saturated rings. The Bertz CT molecular complexity index is 657. The van der Waals surface area contributed by atoms with E-state index in [9.17, 15) is 13.2 Å². The summed E-state index contributed by atoms with van der Waals surface area (Å²) in [6.45, 7) is 3.92. The molecule has 1 aromatic carbocycles. The summed E-state index contributed by atoms with van der Waals surface area (Å²) in [7, 11) is -2.41. The van der Waals surface area contributed by atoms with Gasteiger partial charge in [-0.2, -0.15) is 0 Å². The molecule has 1 aromatic rings. The summed E-state index contributed by atoms with van der Waals surface area (Å²) in [6.07, 6.45) is 0.786. The summed E-state index contributed by atoms with van der Waals surface area (Å²) in [6, 6.07) is 2.71. The topological polar surface area (TPSA) is 63.7 Å². The number of hydrogen-bond acceptors (Lipinski definition) is 4. The number of carbonyl (C=O) groups excluding carboxylic acids is 1. The highest BCUT2D eigenvalue weighted by Gasteiger charge is 2.43. The Labute approximate surface area is 123 Å². The summed E-state index contributed by atoms with van der Waals surface area (Å²) in [4.78, 5) is 12.3. The van der Waals surface area contributed by atoms with E-state index in [1.807, 2.05) is 13.8 Å². The Morgan fingerprint density at radius 2 is 2.05 bits per heavy atom. The van der Waals surface area contributed by atoms with Crippen molar-refractivity contribution in [1.82, 2.24) is 4.31 Å². The van der Waals surface area contributed by atoms with Crippen molar-refractivity contribution in [3.05, 3.63) is 23.3 Å². The molecule has 0 saturated heterocycles. The molecular weight excluding hydrogens is 302 g/mol. The number of alkyl halides is 1. The summed E-state index contributed by atoms with van der Waals surface area (Å²) >= 11 is 5.61. The number of hydrogen-bond donors (Lipinski definition) is 0. The van der Waals surface area contributed by atoms with Crippen molar-refractivity contribution in [1.29, 1.82) is 0 Å². The van der Waals surface area contributed by atoms with Crippen molar-refractivity contribution in [3.63, 3.8) is 0 Å². The largest absolute Gasteiger partial charge is 0.497 e. The van der Waals surface area contributed by atoms with Gasteiger partial charge in [0.05, 0.1) is 12.7 Å². The van der Waals surface area contributed by atoms with E-state index < -0.39 is 21.9 Å². The average molecular weight is 318 g/mol. The third-order valence-electron chi connectivity index (χ3n) is 3.60. The fourth-order valence-corrected chi connectivity index (χ4v) is 4.14. The van der Waals surface area contributed by atoms with Crippen LogP contribution < -0.4 is 4.74 Å². The van der Waals surface area contributed by atoms with Gasteiger partial charge in [0, 0.05) is 6.07 Å². The quantitative estimate of drug-likeness (QED) is 0.632. The van der Waals surface area contributed by atoms with Crippen LogP contribution in [-0.4, -0.2) is 31.7 Å². The number of nitrogens with zero attached hydrogens (tertiary/aromatic N) is 1. The minimum Gasteiger partial charge on any atom is -0.497 e. The molecule has 0 radical (unpaired) electrons. The van der Waals surface area contributed by atoms with Crippen LogP contribution in [0.5, 0.6) is 5.75 Å². The number of sulfonamides is 1. The second kappa shape index (κ2) is 5.26. The molecule has 1 heterocycles. The molecular formula is C13H16ClNO4S. The van der Waals surface area contributed by atoms with Crippen LogP contribution in [0.4, 0.5) is 0 Å². The number of rotatable bonds is 4. The van der Waals surface area contributed by atoms with E-state index in [0.29, 0.717) is 15.6 Å². The molecule has 2 rings (SSSR count). The molecule has 7 heteroatoms. The molecule has 1 aliphatic heterocycles. The number of fused-ring (bicyclic) bond motifs is 1. The summed E-state index contributed by atoms with van der Waals surface area (Å²) in [5, 5.41) is 0. The molecule has 1 amide bonds. The van der Waals surface area contributed by atoms with E-state index in [2.05, 4.69) is 0 Å². The lowest BCUT2D eigenvalue weighted by Crippen LogP contribution is -2.28. The number of benzene rings is 1. The molecule has 0 N–H and O–H groups in total. The van der Waals surface area contributed by atoms with Gasteiger partial charge in [-0.05, 0) is 24.0 Å². The van der Waals surface area contributed by atoms with E-state index in [0.717, 1.165) is 6.42 Å². The zero-order valence-corrected chi connectivity index (χ0v) is 13.1. The van der Waals surface area contributed by atoms with Crippen LogP contribution in [0, 0.1) is 0 Å². The second-order valence-electron chi connectivity index (χ2n) is 4.68. The molecule has 1 atom stereocenters. The lowest BCUT2D eigenvalue weighted by molar-refractivity contribution is 0.0884. The highest BCUT2D eigenvalue weighted by molar-refractivity contribution is 7.90. The average Bonchev–Trinajstić information content (AvgIpc) is 2.63. The Morgan fingerprint density at radius 3 is 2.55 bits per heavy atom. The SMILES string of the molecule is CCC(C)c1cc(OC)cc2c1C(=O)N(CCl)S2(=O)=O. The van der Waals surface area contributed by atoms with Gasteiger partial charge >= 0.3 is 0 Å². The van der Waals surface area contributed by atoms with Gasteiger partial charge in [-0.15, -0.1) is 11.6 Å². The summed E-state index contributed by atoms with van der Waals surface area (Å²) < 4.78 is 30.5. The van der Waals surface area contributed by atoms with Crippen LogP contribution in [0.15, 0.2) is 17.0 Å². The molecule has 0 aromatic heterocycles. The van der Waals surface area contributed by atoms with E-state index >= 15 is 0 Å². The van der Waals surface area contributed by atoms with Crippen LogP contribution >= 0.6 is 11.6 Å². The number of halogens is 1. The van der Waals surface area contributed by atoms with Crippen LogP contribution in [-0.2, 0) is 10.0 Å². The first-order valence-corrected chi connectivity index (χ1v) is 8.20. The predicted octanol–water partition coefficient (Wildman–Crippen LogP) is 2.55. The Hall–Kier alpha value is -1.27. The third kappa shape index (κ3) is 2.07. The monoisotopic (exact) mass is 317 g/mol. The molecule has 0 spiro atoms. The lowest BCUT2D eigenvalue weighted by Gasteiger charge is -2.14. The van der Waals surface area contributed by atoms with Crippen molar-refractivity contribution in [2.75, 3.05) is 13.1 Å². The number of carbonyl (C=O) groups is 1. The van der Waals surface area contributed by atoms with Crippen molar-refractivity contribution >= 4 is 27.5 Å². The van der Waals surface area contributed by atoms with E-state index in [1.165, 1.54) is 13.2 Å². The maximum absolute atomic E-state index is 12.3. The summed E-state index contributed by atoms with van der Waals surface area (Å²) in [5.74, 6) is -0.0897. The molecule has 1 aliphatic rings. The van der Waals surface area contributed by atoms with Gasteiger partial charge in [0.15, 0.2) is 0 Å². The predicted molar refractivity (Wildman–Crippen MR) is 75.8 cm³/mol. The van der Waals surface area contributed by atoms with Gasteiger partial charge in [-0.3, -0.25) is 4.79 Å². The minimum absolute atomic E-state index is 0.0159. The van der Waals surface area contributed by atoms with E-state index in [-0.39, 0.29) is 16.4 Å². The molecule has 20 heavy (non-hydrogen) atoms. The summed E-state index contributed by atoms with van der Waals surface area (Å²) in [5.41, 5.74) is 0.906. The maximum Gasteiger partial charge on any atom is 0.270 e. The van der Waals surface area contributed by atoms with Gasteiger partial charge in [0.2, 0.25) is 0 Å². The third-order valence-corrected chi connectivity index (χ3v) is 5.74. The highest BCUT2D eigenvalue weighted by atomic mass is 35.5. The standard InChI is InChI=1S/C13H16ClNO4S/c1-4-8(2)10-5-9(19-3)6-11-12(10)13(16)15(7-14)20(11,17)18/h5-6,8H,4,7H2,1-3H3. The van der Waals surface area contributed by atoms with Crippen LogP contribution in [0.1, 0.15) is 42.1 Å². The van der Waals surface area contributed by atoms with Crippen molar-refractivity contribution in [3.8, 4) is 5.75 Å². The number of ether oxygens (including phenoxy) is 1. The number of amides is 1. The van der Waals surface area contributed by atoms with Gasteiger partial charge in [0.1, 0.15) is 16.6 Å². The first-order valence-electron chi connectivity index (χ1n) is 6.23. The molecule has 0 aliphatic carbocycles. The van der Waals surface area contributed by atoms with E-state index in [4.69, 9.17) is 16.3 Å². The first kappa shape index (κ1) is 15.1. The van der Waals surface area contributed by atoms with Crippen LogP contribution in [0.25, 0.3) is 0 Å². The van der Waals surface area contributed by atoms with Crippen molar-refractivity contribution in [2.24, 2.45) is 0 Å². The van der Waals surface area contributed by atoms with Gasteiger partial charge in [-0.25, -0.2) is 12.7 Å². The Kier molecular flexibility index (Phi) is 3.97. The molecule has 1 unspecified atom stereocenters. The molecule has 5 nitrogen and oxygen atoms in total. The highest BCUT2D eigenvalue weighted by Crippen LogP contribution is 2.39. The van der Waals surface area contributed by atoms with Crippen LogP contribution in [0.2, 0.25) is 0 Å². The normalized spacial score (nSPS) is 18.0. The lowest BCUT2D eigenvalue weighted by atomic mass is 9.93. The Morgan fingerprint density at radius 1 is 1.40 bits per heavy atom. The fourth-order valence-electron chi connectivity index (χ4n) is 2.24. The first-order chi connectivity index (χ1) is 9.38. The number of methoxy groups -OCH3 is 1. The second-order valence-corrected chi connectivity index (χ2v) is 6.75. The smallest absolute Gasteiger partial charge is 0.270 e.